The summed E-state index contributed by atoms with van der Waals surface area (Å²) in [6.07, 6.45) is -5.25. The predicted molar refractivity (Wildman–Crippen MR) is 63.7 cm³/mol. The fourth-order valence-corrected chi connectivity index (χ4v) is 2.20. The topological polar surface area (TPSA) is 139 Å². The first-order chi connectivity index (χ1) is 9.88. The van der Waals surface area contributed by atoms with Crippen LogP contribution in [0.1, 0.15) is 11.8 Å². The van der Waals surface area contributed by atoms with Gasteiger partial charge in [0.05, 0.1) is 18.5 Å². The van der Waals surface area contributed by atoms with Crippen molar-refractivity contribution in [2.24, 2.45) is 0 Å². The number of aromatic nitrogens is 4. The van der Waals surface area contributed by atoms with Crippen LogP contribution >= 0.6 is 0 Å². The van der Waals surface area contributed by atoms with Crippen LogP contribution in [0.5, 0.6) is 0 Å². The van der Waals surface area contributed by atoms with Crippen molar-refractivity contribution < 1.29 is 23.7 Å². The highest BCUT2D eigenvalue weighted by Gasteiger charge is 2.58. The summed E-state index contributed by atoms with van der Waals surface area (Å²) >= 11 is 0. The summed E-state index contributed by atoms with van der Waals surface area (Å²) in [4.78, 5) is 17.5. The summed E-state index contributed by atoms with van der Waals surface area (Å²) in [5.74, 6) is -0.255. The van der Waals surface area contributed by atoms with Crippen molar-refractivity contribution in [1.82, 2.24) is 19.6 Å². The molecule has 1 saturated heterocycles. The SMILES string of the molecule is Nc1nn2c(C3OC(F)C(O)(CO)C3F)cnc2c(=O)[nH]1. The molecule has 2 aromatic heterocycles. The van der Waals surface area contributed by atoms with Crippen LogP contribution in [0.4, 0.5) is 14.7 Å². The number of halogens is 2. The van der Waals surface area contributed by atoms with Crippen LogP contribution < -0.4 is 11.3 Å². The van der Waals surface area contributed by atoms with Crippen molar-refractivity contribution in [3.63, 3.8) is 0 Å². The van der Waals surface area contributed by atoms with Gasteiger partial charge in [0.25, 0.3) is 5.56 Å². The van der Waals surface area contributed by atoms with Crippen LogP contribution in [0.2, 0.25) is 0 Å². The molecule has 21 heavy (non-hydrogen) atoms. The molecule has 11 heteroatoms. The van der Waals surface area contributed by atoms with Crippen LogP contribution in [-0.4, -0.2) is 54.5 Å². The first-order valence-electron chi connectivity index (χ1n) is 5.88. The van der Waals surface area contributed by atoms with Crippen molar-refractivity contribution in [3.8, 4) is 0 Å². The number of hydrogen-bond donors (Lipinski definition) is 4. The Labute approximate surface area is 115 Å². The molecule has 9 nitrogen and oxygen atoms in total. The molecule has 1 aliphatic heterocycles. The number of nitrogens with one attached hydrogen (secondary N) is 1. The highest BCUT2D eigenvalue weighted by Crippen LogP contribution is 2.42. The lowest BCUT2D eigenvalue weighted by Crippen LogP contribution is -2.47. The minimum Gasteiger partial charge on any atom is -0.393 e. The summed E-state index contributed by atoms with van der Waals surface area (Å²) < 4.78 is 33.4. The maximum absolute atomic E-state index is 14.2. The number of aromatic amines is 1. The zero-order valence-corrected chi connectivity index (χ0v) is 10.4. The molecule has 1 fully saturated rings. The van der Waals surface area contributed by atoms with Crippen molar-refractivity contribution in [2.45, 2.75) is 24.2 Å². The minimum absolute atomic E-state index is 0.109. The monoisotopic (exact) mass is 303 g/mol. The number of hydrogen-bond acceptors (Lipinski definition) is 7. The fraction of sp³-hybridized carbons (Fsp3) is 0.500. The predicted octanol–water partition coefficient (Wildman–Crippen LogP) is -1.57. The molecule has 0 saturated carbocycles. The van der Waals surface area contributed by atoms with Crippen LogP contribution in [-0.2, 0) is 4.74 Å². The molecule has 114 valence electrons. The molecular formula is C10H11F2N5O4. The van der Waals surface area contributed by atoms with E-state index in [4.69, 9.17) is 15.6 Å². The van der Waals surface area contributed by atoms with Crippen molar-refractivity contribution in [2.75, 3.05) is 12.3 Å². The van der Waals surface area contributed by atoms with Gasteiger partial charge in [0.2, 0.25) is 18.0 Å². The van der Waals surface area contributed by atoms with Gasteiger partial charge in [-0.05, 0) is 0 Å². The first kappa shape index (κ1) is 13.9. The number of nitrogens with zero attached hydrogens (tertiary/aromatic N) is 3. The summed E-state index contributed by atoms with van der Waals surface area (Å²) in [7, 11) is 0. The number of nitrogen functional groups attached to an aromatic ring is 1. The average Bonchev–Trinajstić information content (AvgIpc) is 2.94. The maximum Gasteiger partial charge on any atom is 0.295 e. The van der Waals surface area contributed by atoms with Gasteiger partial charge < -0.3 is 20.7 Å². The Morgan fingerprint density at radius 3 is 2.90 bits per heavy atom. The number of imidazole rings is 1. The molecule has 2 aromatic rings. The summed E-state index contributed by atoms with van der Waals surface area (Å²) in [5.41, 5.74) is 1.72. The zero-order chi connectivity index (χ0) is 15.4. The number of ether oxygens (including phenoxy) is 1. The number of H-pyrrole nitrogens is 1. The Morgan fingerprint density at radius 2 is 2.29 bits per heavy atom. The molecule has 0 amide bonds. The number of anilines is 1. The van der Waals surface area contributed by atoms with Crippen molar-refractivity contribution in [3.05, 3.63) is 22.2 Å². The zero-order valence-electron chi connectivity index (χ0n) is 10.4. The number of rotatable bonds is 2. The van der Waals surface area contributed by atoms with E-state index in [1.165, 1.54) is 0 Å². The van der Waals surface area contributed by atoms with Gasteiger partial charge in [0.15, 0.2) is 11.8 Å². The van der Waals surface area contributed by atoms with Gasteiger partial charge in [-0.15, -0.1) is 5.10 Å². The third kappa shape index (κ3) is 1.81. The van der Waals surface area contributed by atoms with E-state index >= 15 is 0 Å². The molecule has 0 radical (unpaired) electrons. The smallest absolute Gasteiger partial charge is 0.295 e. The average molecular weight is 303 g/mol. The Kier molecular flexibility index (Phi) is 2.93. The standard InChI is InChI=1S/C10H11F2N5O4/c11-5-4(21-8(12)10(5,20)2-18)3-1-14-6-7(19)15-9(13)16-17(3)6/h1,4-5,8,18,20H,2H2,(H3,13,15,16,19). The van der Waals surface area contributed by atoms with Gasteiger partial charge in [-0.1, -0.05) is 0 Å². The van der Waals surface area contributed by atoms with E-state index in [-0.39, 0.29) is 17.3 Å². The van der Waals surface area contributed by atoms with Gasteiger partial charge in [0, 0.05) is 0 Å². The van der Waals surface area contributed by atoms with E-state index in [0.29, 0.717) is 0 Å². The molecule has 0 spiro atoms. The highest BCUT2D eigenvalue weighted by molar-refractivity contribution is 5.39. The lowest BCUT2D eigenvalue weighted by Gasteiger charge is -2.22. The molecule has 0 aromatic carbocycles. The quantitative estimate of drug-likeness (QED) is 0.525. The second kappa shape index (κ2) is 4.44. The normalized spacial score (nSPS) is 32.9. The van der Waals surface area contributed by atoms with Gasteiger partial charge in [-0.3, -0.25) is 9.78 Å². The summed E-state index contributed by atoms with van der Waals surface area (Å²) in [5, 5.41) is 22.4. The lowest BCUT2D eigenvalue weighted by molar-refractivity contribution is -0.146. The van der Waals surface area contributed by atoms with Crippen LogP contribution in [0, 0.1) is 0 Å². The van der Waals surface area contributed by atoms with Gasteiger partial charge >= 0.3 is 0 Å². The van der Waals surface area contributed by atoms with Gasteiger partial charge in [-0.2, -0.15) is 0 Å². The molecule has 4 unspecified atom stereocenters. The summed E-state index contributed by atoms with van der Waals surface area (Å²) in [6.45, 7) is -1.17. The minimum atomic E-state index is -2.69. The van der Waals surface area contributed by atoms with Crippen LogP contribution in [0.25, 0.3) is 5.65 Å². The second-order valence-corrected chi connectivity index (χ2v) is 4.68. The summed E-state index contributed by atoms with van der Waals surface area (Å²) in [6, 6.07) is 0. The molecule has 0 aliphatic carbocycles. The molecule has 3 rings (SSSR count). The van der Waals surface area contributed by atoms with Crippen molar-refractivity contribution >= 4 is 11.6 Å². The number of aliphatic hydroxyl groups excluding tert-OH is 1. The van der Waals surface area contributed by atoms with E-state index in [1.807, 2.05) is 0 Å². The third-order valence-electron chi connectivity index (χ3n) is 3.36. The molecule has 1 aliphatic rings. The number of aliphatic hydroxyl groups is 2. The lowest BCUT2D eigenvalue weighted by atomic mass is 9.97. The maximum atomic E-state index is 14.2. The van der Waals surface area contributed by atoms with E-state index < -0.39 is 36.4 Å². The van der Waals surface area contributed by atoms with Crippen molar-refractivity contribution in [1.29, 1.82) is 0 Å². The Morgan fingerprint density at radius 1 is 1.57 bits per heavy atom. The first-order valence-corrected chi connectivity index (χ1v) is 5.88. The van der Waals surface area contributed by atoms with Gasteiger partial charge in [0.1, 0.15) is 6.10 Å². The Hall–Kier alpha value is -2.11. The third-order valence-corrected chi connectivity index (χ3v) is 3.36. The van der Waals surface area contributed by atoms with Gasteiger partial charge in [-0.25, -0.2) is 18.3 Å². The number of alkyl halides is 2. The molecule has 4 atom stereocenters. The largest absolute Gasteiger partial charge is 0.393 e. The van der Waals surface area contributed by atoms with E-state index in [9.17, 15) is 18.7 Å². The molecule has 3 heterocycles. The van der Waals surface area contributed by atoms with E-state index in [1.54, 1.807) is 0 Å². The Balaban J connectivity index is 2.12. The van der Waals surface area contributed by atoms with Crippen LogP contribution in [0.15, 0.2) is 11.0 Å². The second-order valence-electron chi connectivity index (χ2n) is 4.68. The highest BCUT2D eigenvalue weighted by atomic mass is 19.2. The fourth-order valence-electron chi connectivity index (χ4n) is 2.20. The number of fused-ring (bicyclic) bond motifs is 1. The molecular weight excluding hydrogens is 292 g/mol. The van der Waals surface area contributed by atoms with E-state index in [0.717, 1.165) is 10.7 Å². The number of nitrogens with two attached hydrogens (primary N) is 1. The van der Waals surface area contributed by atoms with E-state index in [2.05, 4.69) is 15.1 Å². The molecule has 5 N–H and O–H groups in total. The van der Waals surface area contributed by atoms with Crippen LogP contribution in [0.3, 0.4) is 0 Å². The molecule has 0 bridgehead atoms. The Bertz CT molecular complexity index is 749.